The van der Waals surface area contributed by atoms with Crippen LogP contribution in [0.5, 0.6) is 0 Å². The van der Waals surface area contributed by atoms with Gasteiger partial charge in [0.15, 0.2) is 0 Å². The van der Waals surface area contributed by atoms with Crippen LogP contribution >= 0.6 is 15.9 Å². The summed E-state index contributed by atoms with van der Waals surface area (Å²) in [5.74, 6) is 0.802. The molecule has 0 saturated carbocycles. The number of furan rings is 1. The highest BCUT2D eigenvalue weighted by Crippen LogP contribution is 2.25. The van der Waals surface area contributed by atoms with Gasteiger partial charge < -0.3 is 10.2 Å². The minimum absolute atomic E-state index is 0.0913. The van der Waals surface area contributed by atoms with Gasteiger partial charge in [0, 0.05) is 11.9 Å². The zero-order valence-corrected chi connectivity index (χ0v) is 10.4. The number of halogens is 1. The molecule has 0 fully saturated rings. The Balaban J connectivity index is 1.94. The molecule has 4 heteroatoms. The van der Waals surface area contributed by atoms with Crippen molar-refractivity contribution in [3.05, 3.63) is 52.7 Å². The Morgan fingerprint density at radius 3 is 2.88 bits per heavy atom. The molecule has 2 N–H and O–H groups in total. The largest absolute Gasteiger partial charge is 0.466 e. The summed E-state index contributed by atoms with van der Waals surface area (Å²) in [6.45, 7) is 0. The maximum atomic E-state index is 6.04. The van der Waals surface area contributed by atoms with Gasteiger partial charge in [0.05, 0.1) is 16.8 Å². The quantitative estimate of drug-likeness (QED) is 0.937. The Kier molecular flexibility index (Phi) is 3.74. The zero-order valence-electron chi connectivity index (χ0n) is 8.77. The van der Waals surface area contributed by atoms with E-state index in [1.54, 1.807) is 12.5 Å². The van der Waals surface area contributed by atoms with E-state index in [0.717, 1.165) is 28.8 Å². The average Bonchev–Trinajstić information content (AvgIpc) is 2.74. The Bertz CT molecular complexity index is 441. The zero-order chi connectivity index (χ0) is 11.4. The van der Waals surface area contributed by atoms with Crippen LogP contribution in [-0.4, -0.2) is 4.98 Å². The number of aryl methyl sites for hydroxylation is 1. The maximum Gasteiger partial charge on any atom is 0.134 e. The number of nitrogens with two attached hydrogens (primary N) is 1. The van der Waals surface area contributed by atoms with Crippen LogP contribution in [0.4, 0.5) is 0 Å². The highest BCUT2D eigenvalue weighted by molar-refractivity contribution is 9.10. The van der Waals surface area contributed by atoms with Crippen LogP contribution in [0.15, 0.2) is 45.6 Å². The van der Waals surface area contributed by atoms with Gasteiger partial charge in [-0.1, -0.05) is 6.07 Å². The summed E-state index contributed by atoms with van der Waals surface area (Å²) in [7, 11) is 0. The molecule has 0 aromatic carbocycles. The van der Waals surface area contributed by atoms with Crippen LogP contribution < -0.4 is 5.73 Å². The third-order valence-corrected chi connectivity index (χ3v) is 3.07. The van der Waals surface area contributed by atoms with Crippen molar-refractivity contribution in [2.24, 2.45) is 5.73 Å². The normalized spacial score (nSPS) is 12.6. The van der Waals surface area contributed by atoms with E-state index in [4.69, 9.17) is 10.2 Å². The van der Waals surface area contributed by atoms with E-state index in [1.165, 1.54) is 0 Å². The first-order valence-corrected chi connectivity index (χ1v) is 5.95. The topological polar surface area (TPSA) is 52.0 Å². The van der Waals surface area contributed by atoms with E-state index >= 15 is 0 Å². The molecule has 3 nitrogen and oxygen atoms in total. The van der Waals surface area contributed by atoms with Crippen LogP contribution in [-0.2, 0) is 6.42 Å². The number of hydrogen-bond donors (Lipinski definition) is 1. The van der Waals surface area contributed by atoms with Gasteiger partial charge in [0.2, 0.25) is 0 Å². The molecular weight excluding hydrogens is 268 g/mol. The molecule has 1 atom stereocenters. The molecule has 0 aliphatic rings. The van der Waals surface area contributed by atoms with Crippen molar-refractivity contribution in [3.8, 4) is 0 Å². The Hall–Kier alpha value is -1.13. The van der Waals surface area contributed by atoms with Crippen LogP contribution in [0.25, 0.3) is 0 Å². The first-order chi connectivity index (χ1) is 7.77. The Morgan fingerprint density at radius 1 is 1.38 bits per heavy atom. The van der Waals surface area contributed by atoms with E-state index in [1.807, 2.05) is 24.3 Å². The fourth-order valence-corrected chi connectivity index (χ4v) is 2.05. The second kappa shape index (κ2) is 5.27. The average molecular weight is 281 g/mol. The number of hydrogen-bond acceptors (Lipinski definition) is 3. The van der Waals surface area contributed by atoms with Gasteiger partial charge in [-0.25, -0.2) is 0 Å². The fraction of sp³-hybridized carbons (Fsp3) is 0.250. The van der Waals surface area contributed by atoms with Gasteiger partial charge in [-0.05, 0) is 47.0 Å². The van der Waals surface area contributed by atoms with Crippen molar-refractivity contribution >= 4 is 15.9 Å². The molecule has 0 bridgehead atoms. The van der Waals surface area contributed by atoms with Crippen LogP contribution in [0.2, 0.25) is 0 Å². The first kappa shape index (κ1) is 11.4. The standard InChI is InChI=1S/C12H13BrN2O/c13-10-6-8-16-12(10)11(14)5-4-9-3-1-2-7-15-9/h1-3,6-8,11H,4-5,14H2. The maximum absolute atomic E-state index is 6.04. The molecule has 0 aliphatic heterocycles. The fourth-order valence-electron chi connectivity index (χ4n) is 1.55. The van der Waals surface area contributed by atoms with Gasteiger partial charge in [-0.3, -0.25) is 4.98 Å². The lowest BCUT2D eigenvalue weighted by Crippen LogP contribution is -2.11. The van der Waals surface area contributed by atoms with Gasteiger partial charge in [-0.2, -0.15) is 0 Å². The van der Waals surface area contributed by atoms with E-state index in [2.05, 4.69) is 20.9 Å². The molecular formula is C12H13BrN2O. The van der Waals surface area contributed by atoms with E-state index in [9.17, 15) is 0 Å². The monoisotopic (exact) mass is 280 g/mol. The summed E-state index contributed by atoms with van der Waals surface area (Å²) >= 11 is 3.40. The Labute approximate surface area is 103 Å². The summed E-state index contributed by atoms with van der Waals surface area (Å²) in [5, 5.41) is 0. The number of aromatic nitrogens is 1. The molecule has 0 saturated heterocycles. The van der Waals surface area contributed by atoms with Crippen molar-refractivity contribution in [1.82, 2.24) is 4.98 Å². The second-order valence-corrected chi connectivity index (χ2v) is 4.45. The SMILES string of the molecule is NC(CCc1ccccn1)c1occc1Br. The molecule has 0 aliphatic carbocycles. The van der Waals surface area contributed by atoms with Gasteiger partial charge in [0.25, 0.3) is 0 Å². The molecule has 2 aromatic rings. The summed E-state index contributed by atoms with van der Waals surface area (Å²) in [6, 6.07) is 7.66. The van der Waals surface area contributed by atoms with Gasteiger partial charge in [-0.15, -0.1) is 0 Å². The minimum atomic E-state index is -0.0913. The highest BCUT2D eigenvalue weighted by atomic mass is 79.9. The summed E-state index contributed by atoms with van der Waals surface area (Å²) in [4.78, 5) is 4.26. The lowest BCUT2D eigenvalue weighted by Gasteiger charge is -2.08. The van der Waals surface area contributed by atoms with E-state index < -0.39 is 0 Å². The molecule has 84 valence electrons. The molecule has 16 heavy (non-hydrogen) atoms. The van der Waals surface area contributed by atoms with Crippen molar-refractivity contribution in [2.45, 2.75) is 18.9 Å². The predicted molar refractivity (Wildman–Crippen MR) is 65.9 cm³/mol. The smallest absolute Gasteiger partial charge is 0.134 e. The molecule has 1 unspecified atom stereocenters. The summed E-state index contributed by atoms with van der Waals surface area (Å²) < 4.78 is 6.25. The van der Waals surface area contributed by atoms with Crippen molar-refractivity contribution in [3.63, 3.8) is 0 Å². The van der Waals surface area contributed by atoms with Crippen LogP contribution in [0.3, 0.4) is 0 Å². The van der Waals surface area contributed by atoms with Crippen LogP contribution in [0.1, 0.15) is 23.9 Å². The van der Waals surface area contributed by atoms with Crippen molar-refractivity contribution in [1.29, 1.82) is 0 Å². The second-order valence-electron chi connectivity index (χ2n) is 3.60. The van der Waals surface area contributed by atoms with E-state index in [-0.39, 0.29) is 6.04 Å². The third kappa shape index (κ3) is 2.71. The first-order valence-electron chi connectivity index (χ1n) is 5.16. The molecule has 0 radical (unpaired) electrons. The summed E-state index contributed by atoms with van der Waals surface area (Å²) in [5.41, 5.74) is 7.09. The number of nitrogens with zero attached hydrogens (tertiary/aromatic N) is 1. The number of pyridine rings is 1. The molecule has 2 aromatic heterocycles. The van der Waals surface area contributed by atoms with Crippen molar-refractivity contribution < 1.29 is 4.42 Å². The van der Waals surface area contributed by atoms with Gasteiger partial charge in [0.1, 0.15) is 5.76 Å². The molecule has 2 rings (SSSR count). The molecule has 0 amide bonds. The lowest BCUT2D eigenvalue weighted by molar-refractivity contribution is 0.449. The Morgan fingerprint density at radius 2 is 2.25 bits per heavy atom. The van der Waals surface area contributed by atoms with Gasteiger partial charge >= 0.3 is 0 Å². The third-order valence-electron chi connectivity index (χ3n) is 2.42. The molecule has 2 heterocycles. The predicted octanol–water partition coefficient (Wildman–Crippen LogP) is 3.07. The van der Waals surface area contributed by atoms with Crippen molar-refractivity contribution in [2.75, 3.05) is 0 Å². The highest BCUT2D eigenvalue weighted by Gasteiger charge is 2.13. The van der Waals surface area contributed by atoms with E-state index in [0.29, 0.717) is 0 Å². The minimum Gasteiger partial charge on any atom is -0.466 e. The molecule has 0 spiro atoms. The lowest BCUT2D eigenvalue weighted by atomic mass is 10.1. The summed E-state index contributed by atoms with van der Waals surface area (Å²) in [6.07, 6.45) is 5.11. The van der Waals surface area contributed by atoms with Crippen LogP contribution in [0, 0.1) is 0 Å². The number of rotatable bonds is 4.